The summed E-state index contributed by atoms with van der Waals surface area (Å²) >= 11 is 0. The second-order valence-corrected chi connectivity index (χ2v) is 9.22. The fourth-order valence-corrected chi connectivity index (χ4v) is 4.80. The summed E-state index contributed by atoms with van der Waals surface area (Å²) in [6.45, 7) is 8.53. The van der Waals surface area contributed by atoms with Crippen LogP contribution in [0.4, 0.5) is 29.3 Å². The highest BCUT2D eigenvalue weighted by atomic mass is 19.4. The second kappa shape index (κ2) is 11.6. The Kier molecular flexibility index (Phi) is 8.28. The number of rotatable bonds is 6. The van der Waals surface area contributed by atoms with Crippen molar-refractivity contribution in [3.8, 4) is 11.8 Å². The smallest absolute Gasteiger partial charge is 0.404 e. The maximum Gasteiger partial charge on any atom is 0.573 e. The Morgan fingerprint density at radius 1 is 1.03 bits per heavy atom. The number of hydrogen-bond donors (Lipinski definition) is 1. The maximum absolute atomic E-state index is 12.8. The first-order chi connectivity index (χ1) is 17.7. The molecule has 0 radical (unpaired) electrons. The Hall–Kier alpha value is -3.65. The molecular weight excluding hydrogens is 485 g/mol. The minimum Gasteiger partial charge on any atom is -0.404 e. The summed E-state index contributed by atoms with van der Waals surface area (Å²) in [4.78, 5) is 21.3. The quantitative estimate of drug-likeness (QED) is 0.634. The van der Waals surface area contributed by atoms with Crippen LogP contribution in [0.15, 0.2) is 48.5 Å². The number of amides is 2. The molecule has 0 bridgehead atoms. The van der Waals surface area contributed by atoms with Gasteiger partial charge in [-0.2, -0.15) is 5.26 Å². The number of alkyl halides is 3. The van der Waals surface area contributed by atoms with Crippen LogP contribution in [0.1, 0.15) is 12.5 Å². The highest BCUT2D eigenvalue weighted by Crippen LogP contribution is 2.30. The van der Waals surface area contributed by atoms with E-state index in [9.17, 15) is 23.2 Å². The zero-order valence-corrected chi connectivity index (χ0v) is 20.7. The van der Waals surface area contributed by atoms with E-state index in [-0.39, 0.29) is 17.6 Å². The van der Waals surface area contributed by atoms with Crippen LogP contribution >= 0.6 is 0 Å². The number of benzene rings is 2. The topological polar surface area (TPSA) is 75.1 Å². The molecule has 2 heterocycles. The van der Waals surface area contributed by atoms with Crippen molar-refractivity contribution in [2.24, 2.45) is 0 Å². The Morgan fingerprint density at radius 2 is 1.73 bits per heavy atom. The minimum atomic E-state index is -4.86. The zero-order valence-electron chi connectivity index (χ0n) is 20.7. The van der Waals surface area contributed by atoms with Crippen LogP contribution in [0.25, 0.3) is 0 Å². The number of nitrogens with zero attached hydrogens (tertiary/aromatic N) is 5. The number of carbonyl (C=O) groups excluding carboxylic acids is 1. The number of piperazine rings is 2. The van der Waals surface area contributed by atoms with Gasteiger partial charge in [0, 0.05) is 76.3 Å². The first-order valence-corrected chi connectivity index (χ1v) is 12.3. The fourth-order valence-electron chi connectivity index (χ4n) is 4.80. The molecule has 2 aromatic rings. The summed E-state index contributed by atoms with van der Waals surface area (Å²) in [5, 5.41) is 12.3. The molecule has 2 saturated heterocycles. The summed E-state index contributed by atoms with van der Waals surface area (Å²) in [7, 11) is 0. The van der Waals surface area contributed by atoms with Crippen molar-refractivity contribution in [1.82, 2.24) is 15.1 Å². The Balaban J connectivity index is 1.22. The monoisotopic (exact) mass is 516 g/mol. The molecule has 8 nitrogen and oxygen atoms in total. The molecule has 2 aliphatic rings. The maximum atomic E-state index is 12.8. The van der Waals surface area contributed by atoms with Gasteiger partial charge in [-0.05, 0) is 37.3 Å². The SMILES string of the molecule is C[C@@H]1CN(c2ccc(OC(F)(F)F)c(C#N)c2)CCN1C(=O)NCCN1CCN(c2ccccc2)CC1. The molecule has 2 aromatic carbocycles. The molecule has 2 amide bonds. The summed E-state index contributed by atoms with van der Waals surface area (Å²) < 4.78 is 41.6. The van der Waals surface area contributed by atoms with Gasteiger partial charge in [0.25, 0.3) is 0 Å². The van der Waals surface area contributed by atoms with Gasteiger partial charge in [0.2, 0.25) is 0 Å². The molecule has 0 aromatic heterocycles. The van der Waals surface area contributed by atoms with Gasteiger partial charge in [0.15, 0.2) is 0 Å². The summed E-state index contributed by atoms with van der Waals surface area (Å²) in [5.74, 6) is -0.522. The third kappa shape index (κ3) is 6.98. The van der Waals surface area contributed by atoms with E-state index in [0.717, 1.165) is 38.8 Å². The molecule has 4 rings (SSSR count). The molecule has 0 unspecified atom stereocenters. The van der Waals surface area contributed by atoms with Crippen molar-refractivity contribution in [2.75, 3.05) is 68.7 Å². The summed E-state index contributed by atoms with van der Waals surface area (Å²) in [5.41, 5.74) is 1.66. The van der Waals surface area contributed by atoms with Crippen LogP contribution in [0.3, 0.4) is 0 Å². The highest BCUT2D eigenvalue weighted by molar-refractivity contribution is 5.75. The molecule has 37 heavy (non-hydrogen) atoms. The van der Waals surface area contributed by atoms with E-state index in [1.54, 1.807) is 11.0 Å². The van der Waals surface area contributed by atoms with E-state index in [0.29, 0.717) is 31.9 Å². The van der Waals surface area contributed by atoms with E-state index < -0.39 is 12.1 Å². The number of hydrogen-bond acceptors (Lipinski definition) is 6. The molecular formula is C26H31F3N6O2. The van der Waals surface area contributed by atoms with Gasteiger partial charge in [0.1, 0.15) is 11.8 Å². The number of urea groups is 1. The average Bonchev–Trinajstić information content (AvgIpc) is 2.89. The molecule has 1 atom stereocenters. The van der Waals surface area contributed by atoms with Crippen molar-refractivity contribution < 1.29 is 22.7 Å². The van der Waals surface area contributed by atoms with Gasteiger partial charge in [-0.15, -0.1) is 13.2 Å². The fraction of sp³-hybridized carbons (Fsp3) is 0.462. The molecule has 198 valence electrons. The first kappa shape index (κ1) is 26.4. The molecule has 2 fully saturated rings. The third-order valence-electron chi connectivity index (χ3n) is 6.76. The number of halogens is 3. The molecule has 0 spiro atoms. The lowest BCUT2D eigenvalue weighted by molar-refractivity contribution is -0.274. The van der Waals surface area contributed by atoms with Crippen LogP contribution in [-0.4, -0.2) is 87.1 Å². The molecule has 1 N–H and O–H groups in total. The molecule has 2 aliphatic heterocycles. The van der Waals surface area contributed by atoms with Gasteiger partial charge >= 0.3 is 12.4 Å². The van der Waals surface area contributed by atoms with Crippen molar-refractivity contribution >= 4 is 17.4 Å². The number of para-hydroxylation sites is 1. The summed E-state index contributed by atoms with van der Waals surface area (Å²) in [6, 6.07) is 15.9. The van der Waals surface area contributed by atoms with Crippen LogP contribution in [0, 0.1) is 11.3 Å². The Labute approximate surface area is 214 Å². The van der Waals surface area contributed by atoms with E-state index in [1.807, 2.05) is 30.0 Å². The Bertz CT molecular complexity index is 1100. The number of carbonyl (C=O) groups is 1. The third-order valence-corrected chi connectivity index (χ3v) is 6.76. The van der Waals surface area contributed by atoms with Gasteiger partial charge in [-0.25, -0.2) is 4.79 Å². The lowest BCUT2D eigenvalue weighted by Crippen LogP contribution is -2.57. The average molecular weight is 517 g/mol. The number of anilines is 2. The van der Waals surface area contributed by atoms with Crippen LogP contribution in [-0.2, 0) is 0 Å². The standard InChI is InChI=1S/C26H31F3N6O2/c1-20-19-34(23-7-8-24(21(17-23)18-30)37-26(27,28)29)15-16-35(20)25(36)31-9-10-32-11-13-33(14-12-32)22-5-3-2-4-6-22/h2-8,17,20H,9-16,19H2,1H3,(H,31,36)/t20-/m1/s1. The lowest BCUT2D eigenvalue weighted by atomic mass is 10.1. The number of nitrogens with one attached hydrogen (secondary N) is 1. The second-order valence-electron chi connectivity index (χ2n) is 9.22. The van der Waals surface area contributed by atoms with Crippen molar-refractivity contribution in [3.63, 3.8) is 0 Å². The lowest BCUT2D eigenvalue weighted by Gasteiger charge is -2.41. The minimum absolute atomic E-state index is 0.111. The number of ether oxygens (including phenoxy) is 1. The summed E-state index contributed by atoms with van der Waals surface area (Å²) in [6.07, 6.45) is -4.86. The van der Waals surface area contributed by atoms with E-state index >= 15 is 0 Å². The van der Waals surface area contributed by atoms with Crippen molar-refractivity contribution in [1.29, 1.82) is 5.26 Å². The van der Waals surface area contributed by atoms with Gasteiger partial charge < -0.3 is 24.8 Å². The molecule has 0 saturated carbocycles. The van der Waals surface area contributed by atoms with Gasteiger partial charge in [0.05, 0.1) is 5.56 Å². The highest BCUT2D eigenvalue weighted by Gasteiger charge is 2.33. The number of nitriles is 1. The van der Waals surface area contributed by atoms with E-state index in [2.05, 4.69) is 32.0 Å². The van der Waals surface area contributed by atoms with E-state index in [1.165, 1.54) is 17.8 Å². The van der Waals surface area contributed by atoms with Crippen LogP contribution in [0.2, 0.25) is 0 Å². The molecule has 0 aliphatic carbocycles. The van der Waals surface area contributed by atoms with E-state index in [4.69, 9.17) is 0 Å². The van der Waals surface area contributed by atoms with Gasteiger partial charge in [-0.1, -0.05) is 18.2 Å². The molecule has 11 heteroatoms. The first-order valence-electron chi connectivity index (χ1n) is 12.3. The largest absolute Gasteiger partial charge is 0.573 e. The zero-order chi connectivity index (χ0) is 26.4. The normalized spacial score (nSPS) is 18.9. The predicted octanol–water partition coefficient (Wildman–Crippen LogP) is 3.50. The van der Waals surface area contributed by atoms with Crippen LogP contribution in [0.5, 0.6) is 5.75 Å². The van der Waals surface area contributed by atoms with Gasteiger partial charge in [-0.3, -0.25) is 4.90 Å². The van der Waals surface area contributed by atoms with Crippen LogP contribution < -0.4 is 19.9 Å². The van der Waals surface area contributed by atoms with Crippen molar-refractivity contribution in [3.05, 3.63) is 54.1 Å². The Morgan fingerprint density at radius 3 is 2.38 bits per heavy atom. The predicted molar refractivity (Wildman–Crippen MR) is 135 cm³/mol. The van der Waals surface area contributed by atoms with Crippen molar-refractivity contribution in [2.45, 2.75) is 19.3 Å².